The first-order valence-corrected chi connectivity index (χ1v) is 14.4. The smallest absolute Gasteiger partial charge is 0.304 e. The van der Waals surface area contributed by atoms with Gasteiger partial charge >= 0.3 is 5.97 Å². The summed E-state index contributed by atoms with van der Waals surface area (Å²) in [6.07, 6.45) is 17.0. The lowest BCUT2D eigenvalue weighted by molar-refractivity contribution is -0.137. The molecule has 3 heterocycles. The van der Waals surface area contributed by atoms with E-state index in [0.717, 1.165) is 54.4 Å². The highest BCUT2D eigenvalue weighted by molar-refractivity contribution is 8.03. The maximum Gasteiger partial charge on any atom is 0.304 e. The van der Waals surface area contributed by atoms with Gasteiger partial charge < -0.3 is 9.67 Å². The van der Waals surface area contributed by atoms with Crippen LogP contribution in [0.25, 0.3) is 28.1 Å². The Morgan fingerprint density at radius 3 is 2.89 bits per heavy atom. The van der Waals surface area contributed by atoms with Crippen molar-refractivity contribution < 1.29 is 14.3 Å². The molecule has 1 aliphatic heterocycles. The second-order valence-corrected chi connectivity index (χ2v) is 11.4. The topological polar surface area (TPSA) is 42.2 Å². The van der Waals surface area contributed by atoms with Crippen molar-refractivity contribution in [2.75, 3.05) is 0 Å². The first kappa shape index (κ1) is 27.3. The van der Waals surface area contributed by atoms with Crippen LogP contribution in [0.15, 0.2) is 51.6 Å². The molecule has 2 aromatic heterocycles. The highest BCUT2D eigenvalue weighted by atomic mass is 35.5. The summed E-state index contributed by atoms with van der Waals surface area (Å²) in [5.74, 6) is 1.20. The van der Waals surface area contributed by atoms with Crippen LogP contribution in [0, 0.1) is 25.1 Å². The molecule has 3 aromatic rings. The van der Waals surface area contributed by atoms with Gasteiger partial charge in [0, 0.05) is 38.2 Å². The van der Waals surface area contributed by atoms with Crippen LogP contribution in [0.3, 0.4) is 0 Å². The molecule has 1 aromatic carbocycles. The van der Waals surface area contributed by atoms with Crippen molar-refractivity contribution in [3.05, 3.63) is 68.7 Å². The number of thioether (sulfide) groups is 1. The predicted molar refractivity (Wildman–Crippen MR) is 156 cm³/mol. The van der Waals surface area contributed by atoms with Crippen LogP contribution in [0.1, 0.15) is 55.2 Å². The molecule has 0 amide bonds. The molecule has 4 rings (SSSR count). The third-order valence-corrected chi connectivity index (χ3v) is 9.14. The fourth-order valence-electron chi connectivity index (χ4n) is 4.85. The number of fused-ring (bicyclic) bond motifs is 3. The number of carbonyl (C=O) groups is 1. The molecule has 2 unspecified atom stereocenters. The molecular formula is C30H29ClFNO2S2. The monoisotopic (exact) mass is 553 g/mol. The zero-order valence-electron chi connectivity index (χ0n) is 21.1. The Balaban J connectivity index is 1.97. The number of halogens is 2. The van der Waals surface area contributed by atoms with Crippen molar-refractivity contribution in [2.45, 2.75) is 62.8 Å². The standard InChI is InChI=1S/C30H29ClFNO2S2/c1-5-8-9-26-18(4)24(17-36-26)23-15-21(32)16-25-28(23)30(37-22(7-3)11-10-20(31)6-2)29-19(14-27(34)35)12-13-33(25)29/h2,7-11,15-17,19-20H,5,12-14H2,1,3-4H3,(H,34,35)/b9-8-,11-10-,22-7+. The summed E-state index contributed by atoms with van der Waals surface area (Å²) in [5, 5.41) is 12.1. The SMILES string of the molecule is C#CC(Cl)/C=C\C(=C/C)Sc1c2n(c3cc(F)cc(-c4csc(/C=C\CC)c4C)c13)CCC2CC(=O)O. The molecule has 0 saturated carbocycles. The summed E-state index contributed by atoms with van der Waals surface area (Å²) in [5.41, 5.74) is 4.69. The number of aryl methyl sites for hydroxylation is 1. The van der Waals surface area contributed by atoms with Gasteiger partial charge in [-0.3, -0.25) is 4.79 Å². The van der Waals surface area contributed by atoms with Crippen LogP contribution >= 0.6 is 34.7 Å². The number of rotatable bonds is 9. The minimum atomic E-state index is -0.836. The van der Waals surface area contributed by atoms with Crippen molar-refractivity contribution in [1.82, 2.24) is 4.57 Å². The van der Waals surface area contributed by atoms with Gasteiger partial charge in [-0.1, -0.05) is 48.9 Å². The molecule has 0 spiro atoms. The third-order valence-electron chi connectivity index (χ3n) is 6.60. The van der Waals surface area contributed by atoms with Crippen LogP contribution in [-0.4, -0.2) is 21.0 Å². The summed E-state index contributed by atoms with van der Waals surface area (Å²) < 4.78 is 17.2. The Morgan fingerprint density at radius 2 is 2.22 bits per heavy atom. The van der Waals surface area contributed by atoms with Gasteiger partial charge in [0.1, 0.15) is 11.2 Å². The van der Waals surface area contributed by atoms with E-state index in [1.165, 1.54) is 0 Å². The molecule has 192 valence electrons. The molecule has 37 heavy (non-hydrogen) atoms. The molecule has 0 aliphatic carbocycles. The van der Waals surface area contributed by atoms with E-state index in [2.05, 4.69) is 41.9 Å². The molecule has 1 N–H and O–H groups in total. The van der Waals surface area contributed by atoms with Crippen LogP contribution in [-0.2, 0) is 11.3 Å². The molecule has 0 fully saturated rings. The summed E-state index contributed by atoms with van der Waals surface area (Å²) in [4.78, 5) is 14.8. The number of aromatic nitrogens is 1. The van der Waals surface area contributed by atoms with Gasteiger partial charge in [0.05, 0.1) is 11.9 Å². The Hall–Kier alpha value is -2.72. The largest absolute Gasteiger partial charge is 0.481 e. The molecule has 0 saturated heterocycles. The number of benzene rings is 1. The number of carboxylic acids is 1. The van der Waals surface area contributed by atoms with Crippen LogP contribution in [0.5, 0.6) is 0 Å². The molecule has 7 heteroatoms. The number of alkyl halides is 1. The van der Waals surface area contributed by atoms with Crippen molar-refractivity contribution >= 4 is 57.6 Å². The number of aliphatic carboxylic acids is 1. The molecule has 0 radical (unpaired) electrons. The Morgan fingerprint density at radius 1 is 1.43 bits per heavy atom. The van der Waals surface area contributed by atoms with Gasteiger partial charge in [-0.05, 0) is 67.0 Å². The van der Waals surface area contributed by atoms with Gasteiger partial charge in [0.2, 0.25) is 0 Å². The van der Waals surface area contributed by atoms with Gasteiger partial charge in [0.25, 0.3) is 0 Å². The lowest BCUT2D eigenvalue weighted by atomic mass is 9.96. The van der Waals surface area contributed by atoms with Crippen LogP contribution in [0.4, 0.5) is 4.39 Å². The van der Waals surface area contributed by atoms with E-state index in [9.17, 15) is 9.90 Å². The Kier molecular flexibility index (Phi) is 8.69. The van der Waals surface area contributed by atoms with E-state index < -0.39 is 11.3 Å². The van der Waals surface area contributed by atoms with Gasteiger partial charge in [-0.15, -0.1) is 29.4 Å². The normalized spacial score (nSPS) is 16.6. The third kappa shape index (κ3) is 5.60. The summed E-state index contributed by atoms with van der Waals surface area (Å²) in [6, 6.07) is 3.18. The number of thiophene rings is 1. The Labute approximate surface area is 230 Å². The molecule has 2 atom stereocenters. The first-order chi connectivity index (χ1) is 17.8. The van der Waals surface area contributed by atoms with Gasteiger partial charge in [0.15, 0.2) is 0 Å². The number of terminal acetylenes is 1. The average Bonchev–Trinajstić information content (AvgIpc) is 3.53. The predicted octanol–water partition coefficient (Wildman–Crippen LogP) is 9.00. The van der Waals surface area contributed by atoms with Crippen LogP contribution in [0.2, 0.25) is 0 Å². The van der Waals surface area contributed by atoms with Crippen molar-refractivity contribution in [3.63, 3.8) is 0 Å². The van der Waals surface area contributed by atoms with E-state index in [-0.39, 0.29) is 18.2 Å². The minimum absolute atomic E-state index is 0.0347. The number of hydrogen-bond donors (Lipinski definition) is 1. The summed E-state index contributed by atoms with van der Waals surface area (Å²) in [6.45, 7) is 6.76. The molecule has 3 nitrogen and oxygen atoms in total. The summed E-state index contributed by atoms with van der Waals surface area (Å²) >= 11 is 9.32. The summed E-state index contributed by atoms with van der Waals surface area (Å²) in [7, 11) is 0. The van der Waals surface area contributed by atoms with Crippen molar-refractivity contribution in [2.24, 2.45) is 0 Å². The van der Waals surface area contributed by atoms with Crippen molar-refractivity contribution in [3.8, 4) is 23.5 Å². The van der Waals surface area contributed by atoms with E-state index in [1.807, 2.05) is 19.1 Å². The average molecular weight is 554 g/mol. The fourth-order valence-corrected chi connectivity index (χ4v) is 7.13. The number of hydrogen-bond acceptors (Lipinski definition) is 3. The lowest BCUT2D eigenvalue weighted by Crippen LogP contribution is -2.04. The fraction of sp³-hybridized carbons (Fsp3) is 0.300. The number of nitrogens with zero attached hydrogens (tertiary/aromatic N) is 1. The maximum absolute atomic E-state index is 15.1. The number of carboxylic acid groups (broad SMARTS) is 1. The van der Waals surface area contributed by atoms with E-state index >= 15 is 4.39 Å². The van der Waals surface area contributed by atoms with Gasteiger partial charge in [-0.2, -0.15) is 0 Å². The van der Waals surface area contributed by atoms with E-state index in [4.69, 9.17) is 18.0 Å². The highest BCUT2D eigenvalue weighted by Crippen LogP contribution is 2.50. The van der Waals surface area contributed by atoms with E-state index in [1.54, 1.807) is 41.3 Å². The highest BCUT2D eigenvalue weighted by Gasteiger charge is 2.33. The van der Waals surface area contributed by atoms with Crippen LogP contribution < -0.4 is 0 Å². The zero-order chi connectivity index (χ0) is 26.7. The minimum Gasteiger partial charge on any atom is -0.481 e. The lowest BCUT2D eigenvalue weighted by Gasteiger charge is -2.13. The number of allylic oxidation sites excluding steroid dienone is 4. The molecule has 0 bridgehead atoms. The second kappa shape index (κ2) is 11.8. The first-order valence-electron chi connectivity index (χ1n) is 12.2. The molecule has 1 aliphatic rings. The van der Waals surface area contributed by atoms with Crippen molar-refractivity contribution in [1.29, 1.82) is 0 Å². The Bertz CT molecular complexity index is 1470. The molecular weight excluding hydrogens is 525 g/mol. The second-order valence-electron chi connectivity index (χ2n) is 8.97. The van der Waals surface area contributed by atoms with Gasteiger partial charge in [-0.25, -0.2) is 4.39 Å². The maximum atomic E-state index is 15.1. The van der Waals surface area contributed by atoms with E-state index in [0.29, 0.717) is 13.0 Å². The zero-order valence-corrected chi connectivity index (χ0v) is 23.4. The quantitative estimate of drug-likeness (QED) is 0.124.